The van der Waals surface area contributed by atoms with Gasteiger partial charge < -0.3 is 10.2 Å². The number of rotatable bonds is 7. The summed E-state index contributed by atoms with van der Waals surface area (Å²) in [5.41, 5.74) is 3.97. The van der Waals surface area contributed by atoms with Crippen LogP contribution >= 0.6 is 0 Å². The van der Waals surface area contributed by atoms with Crippen LogP contribution in [0.4, 0.5) is 5.82 Å². The second-order valence-electron chi connectivity index (χ2n) is 10.4. The Morgan fingerprint density at radius 2 is 1.82 bits per heavy atom. The molecule has 1 aromatic carbocycles. The van der Waals surface area contributed by atoms with Gasteiger partial charge in [0.05, 0.1) is 22.9 Å². The average Bonchev–Trinajstić information content (AvgIpc) is 3.74. The lowest BCUT2D eigenvalue weighted by Gasteiger charge is -2.22. The van der Waals surface area contributed by atoms with E-state index in [0.717, 1.165) is 60.8 Å². The summed E-state index contributed by atoms with van der Waals surface area (Å²) in [5, 5.41) is 2.82. The largest absolute Gasteiger partial charge is 0.329 e. The molecule has 3 aromatic heterocycles. The SMILES string of the molecule is Cc1nccn2c(C3CCCN3C(=O)C=CCN3CCCC3)nc(-c3ccc(C(=O)Nc4ccccn4)cc3)c12. The summed E-state index contributed by atoms with van der Waals surface area (Å²) in [4.78, 5) is 44.1. The van der Waals surface area contributed by atoms with E-state index in [-0.39, 0.29) is 17.9 Å². The van der Waals surface area contributed by atoms with Crippen LogP contribution in [0.15, 0.2) is 73.2 Å². The molecule has 2 saturated heterocycles. The lowest BCUT2D eigenvalue weighted by Crippen LogP contribution is -2.30. The minimum Gasteiger partial charge on any atom is -0.329 e. The fourth-order valence-corrected chi connectivity index (χ4v) is 5.72. The maximum atomic E-state index is 13.2. The molecule has 5 heterocycles. The predicted molar refractivity (Wildman–Crippen MR) is 154 cm³/mol. The molecule has 0 saturated carbocycles. The summed E-state index contributed by atoms with van der Waals surface area (Å²) in [7, 11) is 0. The highest BCUT2D eigenvalue weighted by atomic mass is 16.2. The monoisotopic (exact) mass is 535 g/mol. The lowest BCUT2D eigenvalue weighted by atomic mass is 10.1. The molecule has 0 bridgehead atoms. The maximum absolute atomic E-state index is 13.2. The van der Waals surface area contributed by atoms with Gasteiger partial charge in [0, 0.05) is 48.9 Å². The molecule has 4 aromatic rings. The second-order valence-corrected chi connectivity index (χ2v) is 10.4. The number of likely N-dealkylation sites (tertiary alicyclic amines) is 2. The number of benzene rings is 1. The van der Waals surface area contributed by atoms with Crippen LogP contribution in [0.3, 0.4) is 0 Å². The van der Waals surface area contributed by atoms with Gasteiger partial charge in [-0.05, 0) is 70.0 Å². The van der Waals surface area contributed by atoms with E-state index >= 15 is 0 Å². The molecule has 9 nitrogen and oxygen atoms in total. The number of aromatic nitrogens is 4. The predicted octanol–water partition coefficient (Wildman–Crippen LogP) is 4.67. The summed E-state index contributed by atoms with van der Waals surface area (Å²) < 4.78 is 2.07. The molecule has 40 heavy (non-hydrogen) atoms. The van der Waals surface area contributed by atoms with E-state index < -0.39 is 0 Å². The van der Waals surface area contributed by atoms with Crippen LogP contribution in [0, 0.1) is 6.92 Å². The van der Waals surface area contributed by atoms with Crippen LogP contribution in [0.25, 0.3) is 16.8 Å². The normalized spacial score (nSPS) is 17.7. The van der Waals surface area contributed by atoms with E-state index in [4.69, 9.17) is 4.98 Å². The topological polar surface area (TPSA) is 95.7 Å². The van der Waals surface area contributed by atoms with Crippen molar-refractivity contribution >= 4 is 23.1 Å². The first kappa shape index (κ1) is 25.9. The number of aryl methyl sites for hydroxylation is 1. The molecule has 2 aliphatic rings. The number of carbonyl (C=O) groups excluding carboxylic acids is 2. The van der Waals surface area contributed by atoms with Gasteiger partial charge >= 0.3 is 0 Å². The molecule has 1 unspecified atom stereocenters. The van der Waals surface area contributed by atoms with Crippen molar-refractivity contribution in [1.29, 1.82) is 0 Å². The number of amides is 2. The molecular weight excluding hydrogens is 502 g/mol. The highest BCUT2D eigenvalue weighted by Crippen LogP contribution is 2.36. The Labute approximate surface area is 233 Å². The molecule has 2 aliphatic heterocycles. The summed E-state index contributed by atoms with van der Waals surface area (Å²) in [6.45, 7) is 5.72. The van der Waals surface area contributed by atoms with Crippen molar-refractivity contribution in [2.45, 2.75) is 38.6 Å². The van der Waals surface area contributed by atoms with Crippen LogP contribution in [-0.2, 0) is 4.79 Å². The third-order valence-electron chi connectivity index (χ3n) is 7.75. The molecule has 9 heteroatoms. The van der Waals surface area contributed by atoms with Crippen molar-refractivity contribution in [3.05, 3.63) is 90.3 Å². The van der Waals surface area contributed by atoms with Crippen molar-refractivity contribution in [2.75, 3.05) is 31.5 Å². The second kappa shape index (κ2) is 11.4. The Bertz CT molecular complexity index is 1540. The van der Waals surface area contributed by atoms with Crippen molar-refractivity contribution in [1.82, 2.24) is 29.2 Å². The number of pyridine rings is 1. The summed E-state index contributed by atoms with van der Waals surface area (Å²) in [6, 6.07) is 12.7. The molecule has 2 amide bonds. The minimum absolute atomic E-state index is 0.0362. The number of hydrogen-bond acceptors (Lipinski definition) is 6. The Hall–Kier alpha value is -4.37. The van der Waals surface area contributed by atoms with Gasteiger partial charge in [0.25, 0.3) is 5.91 Å². The molecule has 1 N–H and O–H groups in total. The Morgan fingerprint density at radius 3 is 2.60 bits per heavy atom. The quantitative estimate of drug-likeness (QED) is 0.346. The Morgan fingerprint density at radius 1 is 1.00 bits per heavy atom. The summed E-state index contributed by atoms with van der Waals surface area (Å²) >= 11 is 0. The van der Waals surface area contributed by atoms with Crippen molar-refractivity contribution in [2.24, 2.45) is 0 Å². The first-order valence-corrected chi connectivity index (χ1v) is 13.9. The third-order valence-corrected chi connectivity index (χ3v) is 7.75. The molecule has 0 aliphatic carbocycles. The molecular formula is C31H33N7O2. The van der Waals surface area contributed by atoms with Crippen LogP contribution in [0.1, 0.15) is 53.6 Å². The third kappa shape index (κ3) is 5.24. The first-order chi connectivity index (χ1) is 19.6. The van der Waals surface area contributed by atoms with Crippen LogP contribution in [-0.4, -0.2) is 67.1 Å². The Kier molecular flexibility index (Phi) is 7.37. The fourth-order valence-electron chi connectivity index (χ4n) is 5.72. The van der Waals surface area contributed by atoms with Crippen LogP contribution in [0.5, 0.6) is 0 Å². The number of nitrogens with zero attached hydrogens (tertiary/aromatic N) is 6. The van der Waals surface area contributed by atoms with E-state index in [9.17, 15) is 9.59 Å². The van der Waals surface area contributed by atoms with E-state index in [2.05, 4.69) is 24.6 Å². The van der Waals surface area contributed by atoms with E-state index in [1.165, 1.54) is 12.8 Å². The molecule has 6 rings (SSSR count). The van der Waals surface area contributed by atoms with Crippen molar-refractivity contribution in [3.63, 3.8) is 0 Å². The minimum atomic E-state index is -0.226. The lowest BCUT2D eigenvalue weighted by molar-refractivity contribution is -0.127. The standard InChI is InChI=1S/C31H33N7O2/c1-22-29-28(23-11-13-24(14-12-23)31(40)34-26-9-2-3-15-33-26)35-30(38(29)21-16-32-22)25-8-6-20-37(25)27(39)10-7-19-36-17-4-5-18-36/h2-3,7,9-16,21,25H,4-6,8,17-20H2,1H3,(H,33,34,40). The van der Waals surface area contributed by atoms with Gasteiger partial charge in [-0.25, -0.2) is 9.97 Å². The molecule has 0 spiro atoms. The number of anilines is 1. The average molecular weight is 536 g/mol. The molecule has 0 radical (unpaired) electrons. The van der Waals surface area contributed by atoms with Gasteiger partial charge in [0.1, 0.15) is 11.6 Å². The highest BCUT2D eigenvalue weighted by Gasteiger charge is 2.33. The van der Waals surface area contributed by atoms with E-state index in [0.29, 0.717) is 17.9 Å². The number of imidazole rings is 1. The van der Waals surface area contributed by atoms with Crippen LogP contribution in [0.2, 0.25) is 0 Å². The number of carbonyl (C=O) groups is 2. The molecule has 1 atom stereocenters. The van der Waals surface area contributed by atoms with Gasteiger partial charge in [-0.2, -0.15) is 0 Å². The van der Waals surface area contributed by atoms with Gasteiger partial charge in [0.2, 0.25) is 5.91 Å². The van der Waals surface area contributed by atoms with Crippen LogP contribution < -0.4 is 5.32 Å². The van der Waals surface area contributed by atoms with Crippen molar-refractivity contribution < 1.29 is 9.59 Å². The number of fused-ring (bicyclic) bond motifs is 1. The van der Waals surface area contributed by atoms with Gasteiger partial charge in [-0.1, -0.05) is 24.3 Å². The van der Waals surface area contributed by atoms with E-state index in [1.807, 2.05) is 42.3 Å². The van der Waals surface area contributed by atoms with Crippen molar-refractivity contribution in [3.8, 4) is 11.3 Å². The number of nitrogens with one attached hydrogen (secondary N) is 1. The summed E-state index contributed by atoms with van der Waals surface area (Å²) in [6.07, 6.45) is 13.3. The van der Waals surface area contributed by atoms with Gasteiger partial charge in [-0.15, -0.1) is 0 Å². The smallest absolute Gasteiger partial charge is 0.256 e. The Balaban J connectivity index is 1.26. The first-order valence-electron chi connectivity index (χ1n) is 13.9. The zero-order valence-corrected chi connectivity index (χ0v) is 22.7. The van der Waals surface area contributed by atoms with Gasteiger partial charge in [0.15, 0.2) is 0 Å². The number of hydrogen-bond donors (Lipinski definition) is 1. The van der Waals surface area contributed by atoms with Gasteiger partial charge in [-0.3, -0.25) is 23.9 Å². The summed E-state index contributed by atoms with van der Waals surface area (Å²) in [5.74, 6) is 1.15. The van der Waals surface area contributed by atoms with E-state index in [1.54, 1.807) is 42.7 Å². The maximum Gasteiger partial charge on any atom is 0.256 e. The highest BCUT2D eigenvalue weighted by molar-refractivity contribution is 6.04. The zero-order valence-electron chi connectivity index (χ0n) is 22.7. The zero-order chi connectivity index (χ0) is 27.5. The molecule has 2 fully saturated rings. The fraction of sp³-hybridized carbons (Fsp3) is 0.323. The molecule has 204 valence electrons.